The summed E-state index contributed by atoms with van der Waals surface area (Å²) in [5.74, 6) is 0.783. The first-order valence-corrected chi connectivity index (χ1v) is 13.1. The molecule has 32 heavy (non-hydrogen) atoms. The second-order valence-electron chi connectivity index (χ2n) is 9.04. The van der Waals surface area contributed by atoms with Gasteiger partial charge in [-0.25, -0.2) is 12.8 Å². The van der Waals surface area contributed by atoms with E-state index in [1.165, 1.54) is 48.2 Å². The van der Waals surface area contributed by atoms with E-state index in [1.54, 1.807) is 6.07 Å². The summed E-state index contributed by atoms with van der Waals surface area (Å²) in [6.45, 7) is 3.37. The van der Waals surface area contributed by atoms with Crippen molar-refractivity contribution in [2.24, 2.45) is 10.9 Å². The molecule has 2 aliphatic heterocycles. The lowest BCUT2D eigenvalue weighted by Crippen LogP contribution is -2.52. The van der Waals surface area contributed by atoms with Crippen LogP contribution in [0.4, 0.5) is 4.39 Å². The number of halogens is 1. The third-order valence-electron chi connectivity index (χ3n) is 7.12. The van der Waals surface area contributed by atoms with Gasteiger partial charge in [0.1, 0.15) is 16.5 Å². The van der Waals surface area contributed by atoms with Gasteiger partial charge in [-0.05, 0) is 56.7 Å². The summed E-state index contributed by atoms with van der Waals surface area (Å²) >= 11 is 0. The normalized spacial score (nSPS) is 26.2. The van der Waals surface area contributed by atoms with Gasteiger partial charge in [-0.2, -0.15) is 14.6 Å². The molecule has 4 rings (SSSR count). The van der Waals surface area contributed by atoms with Gasteiger partial charge in [-0.1, -0.05) is 25.0 Å². The summed E-state index contributed by atoms with van der Waals surface area (Å²) in [4.78, 5) is 8.49. The molecule has 1 aromatic rings. The molecule has 1 saturated carbocycles. The first-order valence-electron chi connectivity index (χ1n) is 11.7. The van der Waals surface area contributed by atoms with Crippen LogP contribution in [0.5, 0.6) is 0 Å². The number of likely N-dealkylation sites (tertiary alicyclic amines) is 1. The zero-order valence-corrected chi connectivity index (χ0v) is 19.3. The average molecular weight is 462 g/mol. The molecule has 3 fully saturated rings. The summed E-state index contributed by atoms with van der Waals surface area (Å²) in [6.07, 6.45) is 9.96. The molecule has 0 bridgehead atoms. The molecule has 174 valence electrons. The van der Waals surface area contributed by atoms with Crippen LogP contribution in [0.15, 0.2) is 34.2 Å². The maximum atomic E-state index is 14.1. The van der Waals surface area contributed by atoms with E-state index in [2.05, 4.69) is 14.8 Å². The Hall–Kier alpha value is -2.02. The molecule has 2 unspecified atom stereocenters. The smallest absolute Gasteiger partial charge is 0.246 e. The SMILES string of the molecule is N#C/N=C(/CN1CCCN(S(=O)(=O)c2ccccc2F)CC1)N1CCCC2CCCCC21. The molecule has 3 aliphatic rings. The van der Waals surface area contributed by atoms with Crippen molar-refractivity contribution in [2.75, 3.05) is 39.3 Å². The molecule has 0 radical (unpaired) electrons. The van der Waals surface area contributed by atoms with Gasteiger partial charge in [0.25, 0.3) is 0 Å². The van der Waals surface area contributed by atoms with E-state index in [4.69, 9.17) is 0 Å². The zero-order valence-electron chi connectivity index (χ0n) is 18.5. The standard InChI is InChI=1S/C23H32FN5O2S/c24-20-9-2-4-11-22(20)32(30,31)28-13-6-12-27(15-16-28)17-23(26-18-25)29-14-5-8-19-7-1-3-10-21(19)29/h2,4,9,11,19,21H,1,3,5-8,10,12-17H2/b26-23-. The molecule has 1 aromatic carbocycles. The molecule has 0 amide bonds. The molecule has 1 aliphatic carbocycles. The molecule has 7 nitrogen and oxygen atoms in total. The first kappa shape index (κ1) is 23.1. The number of fused-ring (bicyclic) bond motifs is 1. The second-order valence-corrected chi connectivity index (χ2v) is 10.9. The number of amidine groups is 1. The van der Waals surface area contributed by atoms with Crippen molar-refractivity contribution in [2.45, 2.75) is 55.9 Å². The monoisotopic (exact) mass is 461 g/mol. The Morgan fingerprint density at radius 3 is 2.62 bits per heavy atom. The number of rotatable bonds is 4. The van der Waals surface area contributed by atoms with Crippen LogP contribution in [0.3, 0.4) is 0 Å². The van der Waals surface area contributed by atoms with Crippen LogP contribution in [-0.4, -0.2) is 73.7 Å². The maximum Gasteiger partial charge on any atom is 0.246 e. The molecule has 2 atom stereocenters. The lowest BCUT2D eigenvalue weighted by molar-refractivity contribution is 0.115. The number of aliphatic imine (C=N–C) groups is 1. The maximum absolute atomic E-state index is 14.1. The van der Waals surface area contributed by atoms with E-state index in [9.17, 15) is 18.1 Å². The number of piperidine rings is 1. The van der Waals surface area contributed by atoms with Crippen molar-refractivity contribution in [3.05, 3.63) is 30.1 Å². The lowest BCUT2D eigenvalue weighted by atomic mass is 9.78. The van der Waals surface area contributed by atoms with Crippen LogP contribution in [0, 0.1) is 23.2 Å². The highest BCUT2D eigenvalue weighted by molar-refractivity contribution is 7.89. The topological polar surface area (TPSA) is 80.0 Å². The average Bonchev–Trinajstić information content (AvgIpc) is 3.05. The molecule has 2 saturated heterocycles. The highest BCUT2D eigenvalue weighted by Crippen LogP contribution is 2.35. The van der Waals surface area contributed by atoms with Crippen molar-refractivity contribution in [3.63, 3.8) is 0 Å². The molecule has 0 aromatic heterocycles. The van der Waals surface area contributed by atoms with E-state index >= 15 is 0 Å². The highest BCUT2D eigenvalue weighted by atomic mass is 32.2. The number of nitriles is 1. The Labute approximate surface area is 190 Å². The lowest BCUT2D eigenvalue weighted by Gasteiger charge is -2.46. The Morgan fingerprint density at radius 2 is 1.81 bits per heavy atom. The number of benzene rings is 1. The summed E-state index contributed by atoms with van der Waals surface area (Å²) in [6, 6.07) is 6.00. The Morgan fingerprint density at radius 1 is 1.03 bits per heavy atom. The first-order chi connectivity index (χ1) is 15.5. The van der Waals surface area contributed by atoms with Crippen LogP contribution < -0.4 is 0 Å². The van der Waals surface area contributed by atoms with Crippen LogP contribution in [0.2, 0.25) is 0 Å². The van der Waals surface area contributed by atoms with Crippen molar-refractivity contribution >= 4 is 15.9 Å². The fraction of sp³-hybridized carbons (Fsp3) is 0.652. The number of nitrogens with zero attached hydrogens (tertiary/aromatic N) is 5. The van der Waals surface area contributed by atoms with Crippen molar-refractivity contribution in [1.82, 2.24) is 14.1 Å². The second kappa shape index (κ2) is 10.3. The van der Waals surface area contributed by atoms with Crippen LogP contribution in [0.25, 0.3) is 0 Å². The minimum atomic E-state index is -3.88. The van der Waals surface area contributed by atoms with E-state index in [1.807, 2.05) is 6.19 Å². The molecule has 2 heterocycles. The van der Waals surface area contributed by atoms with Gasteiger partial charge < -0.3 is 4.90 Å². The van der Waals surface area contributed by atoms with Gasteiger partial charge in [0.2, 0.25) is 16.2 Å². The van der Waals surface area contributed by atoms with Gasteiger partial charge in [-0.15, -0.1) is 0 Å². The Bertz CT molecular complexity index is 975. The number of hydrogen-bond donors (Lipinski definition) is 0. The predicted molar refractivity (Wildman–Crippen MR) is 121 cm³/mol. The summed E-state index contributed by atoms with van der Waals surface area (Å²) in [5.41, 5.74) is 0. The summed E-state index contributed by atoms with van der Waals surface area (Å²) in [5, 5.41) is 9.34. The van der Waals surface area contributed by atoms with E-state index in [0.29, 0.717) is 44.6 Å². The molecular formula is C23H32FN5O2S. The third-order valence-corrected chi connectivity index (χ3v) is 9.05. The fourth-order valence-electron chi connectivity index (χ4n) is 5.53. The fourth-order valence-corrected chi connectivity index (χ4v) is 7.07. The van der Waals surface area contributed by atoms with Gasteiger partial charge in [0, 0.05) is 32.2 Å². The van der Waals surface area contributed by atoms with Crippen LogP contribution >= 0.6 is 0 Å². The van der Waals surface area contributed by atoms with Gasteiger partial charge in [0.05, 0.1) is 6.54 Å². The molecule has 9 heteroatoms. The number of hydrogen-bond acceptors (Lipinski definition) is 5. The van der Waals surface area contributed by atoms with E-state index in [0.717, 1.165) is 31.8 Å². The summed E-state index contributed by atoms with van der Waals surface area (Å²) < 4.78 is 41.5. The predicted octanol–water partition coefficient (Wildman–Crippen LogP) is 3.06. The summed E-state index contributed by atoms with van der Waals surface area (Å²) in [7, 11) is -3.88. The zero-order chi connectivity index (χ0) is 22.6. The minimum absolute atomic E-state index is 0.267. The quantitative estimate of drug-likeness (QED) is 0.391. The van der Waals surface area contributed by atoms with Crippen LogP contribution in [-0.2, 0) is 10.0 Å². The van der Waals surface area contributed by atoms with Crippen molar-refractivity contribution < 1.29 is 12.8 Å². The van der Waals surface area contributed by atoms with E-state index < -0.39 is 15.8 Å². The van der Waals surface area contributed by atoms with Gasteiger partial charge in [-0.3, -0.25) is 4.90 Å². The molecular weight excluding hydrogens is 429 g/mol. The van der Waals surface area contributed by atoms with Gasteiger partial charge in [0.15, 0.2) is 0 Å². The molecule has 0 N–H and O–H groups in total. The number of sulfonamides is 1. The van der Waals surface area contributed by atoms with E-state index in [-0.39, 0.29) is 4.90 Å². The Balaban J connectivity index is 1.44. The molecule has 0 spiro atoms. The van der Waals surface area contributed by atoms with Crippen LogP contribution in [0.1, 0.15) is 44.9 Å². The van der Waals surface area contributed by atoms with Crippen molar-refractivity contribution in [3.8, 4) is 6.19 Å². The largest absolute Gasteiger partial charge is 0.355 e. The third kappa shape index (κ3) is 4.98. The highest BCUT2D eigenvalue weighted by Gasteiger charge is 2.36. The minimum Gasteiger partial charge on any atom is -0.355 e. The van der Waals surface area contributed by atoms with Gasteiger partial charge >= 0.3 is 0 Å². The Kier molecular flexibility index (Phi) is 7.44. The van der Waals surface area contributed by atoms with Crippen molar-refractivity contribution in [1.29, 1.82) is 5.26 Å².